The number of hydrogen-bond donors (Lipinski definition) is 1. The Labute approximate surface area is 185 Å². The number of ether oxygens (including phenoxy) is 1. The lowest BCUT2D eigenvalue weighted by atomic mass is 9.79. The molecule has 32 heavy (non-hydrogen) atoms. The second kappa shape index (κ2) is 7.34. The van der Waals surface area contributed by atoms with E-state index in [-0.39, 0.29) is 17.3 Å². The van der Waals surface area contributed by atoms with Gasteiger partial charge >= 0.3 is 6.01 Å². The van der Waals surface area contributed by atoms with Crippen LogP contribution in [0.5, 0.6) is 6.01 Å². The highest BCUT2D eigenvalue weighted by atomic mass is 16.5. The van der Waals surface area contributed by atoms with Gasteiger partial charge in [0.15, 0.2) is 5.82 Å². The first-order valence-electron chi connectivity index (χ1n) is 10.4. The number of fused-ring (bicyclic) bond motifs is 1. The van der Waals surface area contributed by atoms with Crippen LogP contribution in [0, 0.1) is 23.7 Å². The van der Waals surface area contributed by atoms with Gasteiger partial charge in [-0.05, 0) is 31.1 Å². The predicted octanol–water partition coefficient (Wildman–Crippen LogP) is 2.43. The van der Waals surface area contributed by atoms with Crippen molar-refractivity contribution >= 4 is 22.8 Å². The molecule has 0 unspecified atom stereocenters. The van der Waals surface area contributed by atoms with Gasteiger partial charge in [0.05, 0.1) is 30.2 Å². The third-order valence-electron chi connectivity index (χ3n) is 6.48. The van der Waals surface area contributed by atoms with Crippen molar-refractivity contribution in [2.75, 3.05) is 38.2 Å². The van der Waals surface area contributed by atoms with E-state index in [9.17, 15) is 10.1 Å². The summed E-state index contributed by atoms with van der Waals surface area (Å²) in [5.41, 5.74) is 4.31. The zero-order chi connectivity index (χ0) is 22.5. The summed E-state index contributed by atoms with van der Waals surface area (Å²) in [5, 5.41) is 10.2. The van der Waals surface area contributed by atoms with Crippen LogP contribution in [0.25, 0.3) is 22.3 Å². The minimum absolute atomic E-state index is 0.0157. The van der Waals surface area contributed by atoms with Crippen molar-refractivity contribution in [3.63, 3.8) is 0 Å². The largest absolute Gasteiger partial charge is 0.467 e. The third kappa shape index (κ3) is 2.99. The Morgan fingerprint density at radius 3 is 2.88 bits per heavy atom. The zero-order valence-electron chi connectivity index (χ0n) is 18.1. The molecule has 1 N–H and O–H groups in total. The molecule has 9 nitrogen and oxygen atoms in total. The summed E-state index contributed by atoms with van der Waals surface area (Å²) in [5.74, 6) is 0.520. The summed E-state index contributed by atoms with van der Waals surface area (Å²) >= 11 is 0. The van der Waals surface area contributed by atoms with Crippen LogP contribution in [0.1, 0.15) is 17.5 Å². The number of anilines is 1. The van der Waals surface area contributed by atoms with E-state index in [1.54, 1.807) is 11.2 Å². The molecule has 1 spiro atoms. The number of likely N-dealkylation sites (tertiary alicyclic amines) is 1. The molecule has 3 aromatic rings. The normalized spacial score (nSPS) is 16.8. The van der Waals surface area contributed by atoms with Gasteiger partial charge < -0.3 is 19.5 Å². The molecule has 4 heterocycles. The van der Waals surface area contributed by atoms with Gasteiger partial charge in [-0.15, -0.1) is 0 Å². The van der Waals surface area contributed by atoms with E-state index in [0.29, 0.717) is 36.7 Å². The maximum atomic E-state index is 11.9. The Kier molecular flexibility index (Phi) is 4.59. The van der Waals surface area contributed by atoms with Gasteiger partial charge in [0.1, 0.15) is 11.6 Å². The molecule has 0 aliphatic carbocycles. The topological polar surface area (TPSA) is 111 Å². The van der Waals surface area contributed by atoms with Crippen LogP contribution in [0.4, 0.5) is 5.82 Å². The first kappa shape index (κ1) is 20.0. The highest BCUT2D eigenvalue weighted by Gasteiger charge is 2.49. The quantitative estimate of drug-likeness (QED) is 0.634. The number of aryl methyl sites for hydroxylation is 1. The number of benzene rings is 1. The standard InChI is InChI=1S/C23H23N7O2/c1-4-17(31)30-11-23(12-30)7-8-29(10-23)21-15(9-24)19(27-22(28-21)32-3)18-14(2)5-6-16-20(18)26-13-25-16/h4-6,13H,1,7-8,10-12H2,2-3H3,(H,25,26). The fraction of sp³-hybridized carbons (Fsp3) is 0.348. The van der Waals surface area contributed by atoms with Crippen molar-refractivity contribution in [3.05, 3.63) is 42.2 Å². The molecule has 2 aliphatic heterocycles. The van der Waals surface area contributed by atoms with Crippen molar-refractivity contribution in [1.82, 2.24) is 24.8 Å². The molecule has 9 heteroatoms. The number of nitriles is 1. The zero-order valence-corrected chi connectivity index (χ0v) is 18.1. The summed E-state index contributed by atoms with van der Waals surface area (Å²) < 4.78 is 5.41. The number of rotatable bonds is 4. The number of hydrogen-bond acceptors (Lipinski definition) is 7. The Hall–Kier alpha value is -3.93. The smallest absolute Gasteiger partial charge is 0.318 e. The molecule has 1 amide bonds. The average molecular weight is 429 g/mol. The van der Waals surface area contributed by atoms with Gasteiger partial charge in [0.25, 0.3) is 0 Å². The van der Waals surface area contributed by atoms with E-state index < -0.39 is 0 Å². The molecular formula is C23H23N7O2. The van der Waals surface area contributed by atoms with E-state index in [2.05, 4.69) is 37.5 Å². The molecule has 2 aliphatic rings. The molecule has 1 aromatic carbocycles. The van der Waals surface area contributed by atoms with E-state index >= 15 is 0 Å². The molecule has 2 fully saturated rings. The SMILES string of the molecule is C=CC(=O)N1CC2(CCN(c3nc(OC)nc(-c4c(C)ccc5[nH]cnc45)c3C#N)C2)C1. The lowest BCUT2D eigenvalue weighted by molar-refractivity contribution is -0.136. The highest BCUT2D eigenvalue weighted by Crippen LogP contribution is 2.43. The molecular weight excluding hydrogens is 406 g/mol. The van der Waals surface area contributed by atoms with E-state index in [4.69, 9.17) is 4.74 Å². The number of methoxy groups -OCH3 is 1. The molecule has 2 aromatic heterocycles. The second-order valence-electron chi connectivity index (χ2n) is 8.50. The van der Waals surface area contributed by atoms with Crippen molar-refractivity contribution in [2.45, 2.75) is 13.3 Å². The second-order valence-corrected chi connectivity index (χ2v) is 8.50. The first-order chi connectivity index (χ1) is 15.5. The highest BCUT2D eigenvalue weighted by molar-refractivity contribution is 5.95. The van der Waals surface area contributed by atoms with Gasteiger partial charge in [-0.3, -0.25) is 4.79 Å². The number of nitrogens with zero attached hydrogens (tertiary/aromatic N) is 6. The third-order valence-corrected chi connectivity index (χ3v) is 6.48. The van der Waals surface area contributed by atoms with Gasteiger partial charge in [0.2, 0.25) is 5.91 Å². The average Bonchev–Trinajstić information content (AvgIpc) is 3.44. The summed E-state index contributed by atoms with van der Waals surface area (Å²) in [6, 6.07) is 6.49. The monoisotopic (exact) mass is 429 g/mol. The summed E-state index contributed by atoms with van der Waals surface area (Å²) in [6.07, 6.45) is 3.91. The molecule has 0 radical (unpaired) electrons. The Bertz CT molecular complexity index is 1280. The minimum Gasteiger partial charge on any atom is -0.467 e. The number of carbonyl (C=O) groups excluding carboxylic acids is 1. The van der Waals surface area contributed by atoms with Crippen molar-refractivity contribution in [2.24, 2.45) is 5.41 Å². The Balaban J connectivity index is 1.57. The van der Waals surface area contributed by atoms with Gasteiger partial charge in [-0.1, -0.05) is 12.6 Å². The molecule has 0 saturated carbocycles. The first-order valence-corrected chi connectivity index (χ1v) is 10.4. The van der Waals surface area contributed by atoms with Crippen LogP contribution in [0.2, 0.25) is 0 Å². The number of amides is 1. The number of imidazole rings is 1. The number of nitrogens with one attached hydrogen (secondary N) is 1. The molecule has 2 saturated heterocycles. The predicted molar refractivity (Wildman–Crippen MR) is 119 cm³/mol. The molecule has 162 valence electrons. The minimum atomic E-state index is -0.0413. The van der Waals surface area contributed by atoms with Crippen LogP contribution in [0.15, 0.2) is 31.1 Å². The number of carbonyl (C=O) groups is 1. The van der Waals surface area contributed by atoms with E-state index in [1.165, 1.54) is 13.2 Å². The van der Waals surface area contributed by atoms with Crippen molar-refractivity contribution in [3.8, 4) is 23.3 Å². The fourth-order valence-corrected chi connectivity index (χ4v) is 4.86. The number of aromatic nitrogens is 4. The summed E-state index contributed by atoms with van der Waals surface area (Å²) in [6.45, 7) is 8.39. The Morgan fingerprint density at radius 1 is 1.34 bits per heavy atom. The van der Waals surface area contributed by atoms with Crippen LogP contribution in [-0.4, -0.2) is 64.0 Å². The maximum Gasteiger partial charge on any atom is 0.318 e. The lowest BCUT2D eigenvalue weighted by Crippen LogP contribution is -2.59. The van der Waals surface area contributed by atoms with Crippen LogP contribution >= 0.6 is 0 Å². The number of H-pyrrole nitrogens is 1. The maximum absolute atomic E-state index is 11.9. The molecule has 5 rings (SSSR count). The van der Waals surface area contributed by atoms with Gasteiger partial charge in [-0.2, -0.15) is 15.2 Å². The van der Waals surface area contributed by atoms with Crippen LogP contribution < -0.4 is 9.64 Å². The van der Waals surface area contributed by atoms with Crippen LogP contribution in [-0.2, 0) is 4.79 Å². The van der Waals surface area contributed by atoms with Crippen LogP contribution in [0.3, 0.4) is 0 Å². The fourth-order valence-electron chi connectivity index (χ4n) is 4.86. The summed E-state index contributed by atoms with van der Waals surface area (Å²) in [4.78, 5) is 32.5. The van der Waals surface area contributed by atoms with Crippen molar-refractivity contribution in [1.29, 1.82) is 5.26 Å². The van der Waals surface area contributed by atoms with Gasteiger partial charge in [-0.25, -0.2) is 4.98 Å². The van der Waals surface area contributed by atoms with Gasteiger partial charge in [0, 0.05) is 37.2 Å². The number of aromatic amines is 1. The summed E-state index contributed by atoms with van der Waals surface area (Å²) in [7, 11) is 1.52. The van der Waals surface area contributed by atoms with Crippen molar-refractivity contribution < 1.29 is 9.53 Å². The lowest BCUT2D eigenvalue weighted by Gasteiger charge is -2.47. The molecule has 0 bridgehead atoms. The van der Waals surface area contributed by atoms with E-state index in [1.807, 2.05) is 19.1 Å². The van der Waals surface area contributed by atoms with E-state index in [0.717, 1.165) is 35.1 Å². The Morgan fingerprint density at radius 2 is 2.16 bits per heavy atom. The molecule has 0 atom stereocenters.